The standard InChI is InChI=1S/C45H57N3O8S/c1-32(2)29-48(57(53,54)39-21-13-14-33(3)24-39)30-43(50)41(27-36-19-11-6-12-20-36)46-44(51)37(25-34-15-7-4-8-16-34)28-42(49)40(26-35-17-9-5-10-18-35)47-45(52)56-38-22-23-55-31-38/h4-21,24,32,37-38,40-43,49-50H,22-23,25-31H2,1-3H3,(H,46,51)(H,47,52). The summed E-state index contributed by atoms with van der Waals surface area (Å²) in [7, 11) is -4.00. The summed E-state index contributed by atoms with van der Waals surface area (Å²) in [6.07, 6.45) is -2.19. The Morgan fingerprint density at radius 2 is 1.33 bits per heavy atom. The fourth-order valence-corrected chi connectivity index (χ4v) is 8.85. The Morgan fingerprint density at radius 1 is 0.772 bits per heavy atom. The number of carbonyl (C=O) groups excluding carboxylic acids is 2. The number of sulfonamides is 1. The first-order chi connectivity index (χ1) is 27.4. The lowest BCUT2D eigenvalue weighted by Crippen LogP contribution is -2.53. The number of hydrogen-bond acceptors (Lipinski definition) is 8. The summed E-state index contributed by atoms with van der Waals surface area (Å²) in [5.74, 6) is -1.26. The van der Waals surface area contributed by atoms with Crippen molar-refractivity contribution in [1.29, 1.82) is 0 Å². The number of benzene rings is 4. The highest BCUT2D eigenvalue weighted by Gasteiger charge is 2.35. The molecule has 0 spiro atoms. The number of carbonyl (C=O) groups is 2. The van der Waals surface area contributed by atoms with Crippen molar-refractivity contribution in [1.82, 2.24) is 14.9 Å². The van der Waals surface area contributed by atoms with E-state index in [-0.39, 0.29) is 55.7 Å². The van der Waals surface area contributed by atoms with Crippen LogP contribution in [0.15, 0.2) is 120 Å². The second-order valence-corrected chi connectivity index (χ2v) is 17.4. The third-order valence-corrected chi connectivity index (χ3v) is 12.0. The molecule has 0 aromatic heterocycles. The average molecular weight is 800 g/mol. The summed E-state index contributed by atoms with van der Waals surface area (Å²) in [4.78, 5) is 27.8. The van der Waals surface area contributed by atoms with Gasteiger partial charge in [-0.05, 0) is 72.9 Å². The topological polar surface area (TPSA) is 154 Å². The second kappa shape index (κ2) is 21.2. The number of nitrogens with one attached hydrogen (secondary N) is 2. The molecular formula is C45H57N3O8S. The Morgan fingerprint density at radius 3 is 1.86 bits per heavy atom. The number of alkyl carbamates (subject to hydrolysis) is 1. The molecule has 4 aromatic rings. The van der Waals surface area contributed by atoms with E-state index in [1.165, 1.54) is 4.31 Å². The van der Waals surface area contributed by atoms with Crippen molar-refractivity contribution in [2.45, 2.75) is 88.2 Å². The molecule has 1 aliphatic rings. The highest BCUT2D eigenvalue weighted by molar-refractivity contribution is 7.89. The number of amides is 2. The summed E-state index contributed by atoms with van der Waals surface area (Å²) < 4.78 is 40.3. The van der Waals surface area contributed by atoms with Gasteiger partial charge in [0.2, 0.25) is 15.9 Å². The molecular weight excluding hydrogens is 743 g/mol. The highest BCUT2D eigenvalue weighted by Crippen LogP contribution is 2.23. The summed E-state index contributed by atoms with van der Waals surface area (Å²) in [5.41, 5.74) is 3.39. The lowest BCUT2D eigenvalue weighted by Gasteiger charge is -2.32. The number of aliphatic hydroxyl groups is 2. The van der Waals surface area contributed by atoms with E-state index in [1.54, 1.807) is 18.2 Å². The molecule has 1 aliphatic heterocycles. The van der Waals surface area contributed by atoms with Crippen LogP contribution in [-0.2, 0) is 43.6 Å². The van der Waals surface area contributed by atoms with E-state index in [2.05, 4.69) is 10.6 Å². The monoisotopic (exact) mass is 799 g/mol. The molecule has 0 aliphatic carbocycles. The van der Waals surface area contributed by atoms with Crippen molar-refractivity contribution in [3.63, 3.8) is 0 Å². The molecule has 6 unspecified atom stereocenters. The first-order valence-corrected chi connectivity index (χ1v) is 21.2. The minimum Gasteiger partial charge on any atom is -0.444 e. The highest BCUT2D eigenvalue weighted by atomic mass is 32.2. The van der Waals surface area contributed by atoms with Gasteiger partial charge in [0.1, 0.15) is 6.10 Å². The molecule has 0 saturated carbocycles. The summed E-state index contributed by atoms with van der Waals surface area (Å²) in [5, 5.41) is 29.8. The van der Waals surface area contributed by atoms with Gasteiger partial charge in [-0.3, -0.25) is 4.79 Å². The van der Waals surface area contributed by atoms with Crippen molar-refractivity contribution in [3.05, 3.63) is 138 Å². The van der Waals surface area contributed by atoms with E-state index in [1.807, 2.05) is 118 Å². The number of rotatable bonds is 20. The smallest absolute Gasteiger partial charge is 0.407 e. The number of aryl methyl sites for hydroxylation is 1. The SMILES string of the molecule is Cc1cccc(S(=O)(=O)N(CC(C)C)CC(O)C(Cc2ccccc2)NC(=O)C(Cc2ccccc2)CC(O)C(Cc2ccccc2)NC(=O)OC2CCOC2)c1. The van der Waals surface area contributed by atoms with Gasteiger partial charge in [-0.2, -0.15) is 4.31 Å². The Kier molecular flexibility index (Phi) is 16.2. The van der Waals surface area contributed by atoms with Crippen LogP contribution in [-0.4, -0.2) is 91.6 Å². The Balaban J connectivity index is 1.41. The minimum atomic E-state index is -4.00. The predicted molar refractivity (Wildman–Crippen MR) is 220 cm³/mol. The zero-order valence-electron chi connectivity index (χ0n) is 33.1. The second-order valence-electron chi connectivity index (χ2n) is 15.4. The van der Waals surface area contributed by atoms with Crippen molar-refractivity contribution in [2.24, 2.45) is 11.8 Å². The maximum absolute atomic E-state index is 14.5. The molecule has 306 valence electrons. The van der Waals surface area contributed by atoms with Crippen molar-refractivity contribution in [3.8, 4) is 0 Å². The normalized spacial score (nSPS) is 17.1. The third kappa shape index (κ3) is 13.5. The molecule has 11 nitrogen and oxygen atoms in total. The van der Waals surface area contributed by atoms with E-state index in [0.29, 0.717) is 19.6 Å². The number of ether oxygens (including phenoxy) is 2. The van der Waals surface area contributed by atoms with Crippen LogP contribution in [0.5, 0.6) is 0 Å². The molecule has 4 aromatic carbocycles. The largest absolute Gasteiger partial charge is 0.444 e. The lowest BCUT2D eigenvalue weighted by atomic mass is 9.88. The van der Waals surface area contributed by atoms with Gasteiger partial charge in [-0.25, -0.2) is 13.2 Å². The van der Waals surface area contributed by atoms with Crippen molar-refractivity contribution in [2.75, 3.05) is 26.3 Å². The van der Waals surface area contributed by atoms with Gasteiger partial charge in [-0.15, -0.1) is 0 Å². The fourth-order valence-electron chi connectivity index (χ4n) is 7.12. The quantitative estimate of drug-likeness (QED) is 0.0919. The van der Waals surface area contributed by atoms with Crippen LogP contribution in [0.1, 0.15) is 48.9 Å². The molecule has 12 heteroatoms. The average Bonchev–Trinajstić information content (AvgIpc) is 3.70. The van der Waals surface area contributed by atoms with Crippen molar-refractivity contribution < 1.29 is 37.7 Å². The van der Waals surface area contributed by atoms with Gasteiger partial charge in [0.15, 0.2) is 0 Å². The van der Waals surface area contributed by atoms with Gasteiger partial charge in [0, 0.05) is 25.4 Å². The van der Waals surface area contributed by atoms with Crippen LogP contribution < -0.4 is 10.6 Å². The molecule has 0 radical (unpaired) electrons. The summed E-state index contributed by atoms with van der Waals surface area (Å²) in [6.45, 7) is 6.37. The molecule has 1 fully saturated rings. The first kappa shape index (κ1) is 43.5. The van der Waals surface area contributed by atoms with Crippen LogP contribution in [0, 0.1) is 18.8 Å². The van der Waals surface area contributed by atoms with E-state index in [9.17, 15) is 28.2 Å². The predicted octanol–water partition coefficient (Wildman–Crippen LogP) is 5.47. The van der Waals surface area contributed by atoms with Gasteiger partial charge < -0.3 is 30.3 Å². The van der Waals surface area contributed by atoms with E-state index >= 15 is 0 Å². The Bertz CT molecular complexity index is 1940. The summed E-state index contributed by atoms with van der Waals surface area (Å²) in [6, 6.07) is 33.3. The van der Waals surface area contributed by atoms with Crippen molar-refractivity contribution >= 4 is 22.0 Å². The number of aliphatic hydroxyl groups excluding tert-OH is 2. The van der Waals surface area contributed by atoms with Crippen LogP contribution in [0.25, 0.3) is 0 Å². The van der Waals surface area contributed by atoms with Crippen LogP contribution >= 0.6 is 0 Å². The molecule has 6 atom stereocenters. The maximum Gasteiger partial charge on any atom is 0.407 e. The Labute approximate surface area is 337 Å². The molecule has 5 rings (SSSR count). The fraction of sp³-hybridized carbons (Fsp3) is 0.422. The molecule has 2 amide bonds. The van der Waals surface area contributed by atoms with Crippen LogP contribution in [0.3, 0.4) is 0 Å². The molecule has 1 saturated heterocycles. The van der Waals surface area contributed by atoms with Gasteiger partial charge in [-0.1, -0.05) is 117 Å². The van der Waals surface area contributed by atoms with Crippen LogP contribution in [0.4, 0.5) is 4.79 Å². The minimum absolute atomic E-state index is 0.0274. The molecule has 57 heavy (non-hydrogen) atoms. The lowest BCUT2D eigenvalue weighted by molar-refractivity contribution is -0.127. The van der Waals surface area contributed by atoms with E-state index in [4.69, 9.17) is 9.47 Å². The summed E-state index contributed by atoms with van der Waals surface area (Å²) >= 11 is 0. The molecule has 0 bridgehead atoms. The van der Waals surface area contributed by atoms with Gasteiger partial charge in [0.25, 0.3) is 0 Å². The number of nitrogens with zero attached hydrogens (tertiary/aromatic N) is 1. The van der Waals surface area contributed by atoms with Gasteiger partial charge in [0.05, 0.1) is 42.4 Å². The molecule has 1 heterocycles. The zero-order valence-corrected chi connectivity index (χ0v) is 33.9. The Hall–Kier alpha value is -4.59. The van der Waals surface area contributed by atoms with Crippen LogP contribution in [0.2, 0.25) is 0 Å². The number of hydrogen-bond donors (Lipinski definition) is 4. The molecule has 4 N–H and O–H groups in total. The van der Waals surface area contributed by atoms with E-state index < -0.39 is 52.2 Å². The van der Waals surface area contributed by atoms with Gasteiger partial charge >= 0.3 is 6.09 Å². The van der Waals surface area contributed by atoms with E-state index in [0.717, 1.165) is 22.3 Å². The third-order valence-electron chi connectivity index (χ3n) is 10.1. The zero-order chi connectivity index (χ0) is 40.8. The maximum atomic E-state index is 14.5. The first-order valence-electron chi connectivity index (χ1n) is 19.8.